The van der Waals surface area contributed by atoms with Crippen LogP contribution in [0.2, 0.25) is 0 Å². The van der Waals surface area contributed by atoms with Crippen molar-refractivity contribution in [2.24, 2.45) is 11.8 Å². The highest BCUT2D eigenvalue weighted by molar-refractivity contribution is 5.15. The average molecular weight is 300 g/mol. The highest BCUT2D eigenvalue weighted by Gasteiger charge is 2.42. The molecule has 0 radical (unpaired) electrons. The number of aliphatic hydroxyl groups is 1. The van der Waals surface area contributed by atoms with Crippen molar-refractivity contribution in [1.29, 1.82) is 0 Å². The minimum atomic E-state index is -0.157. The van der Waals surface area contributed by atoms with Gasteiger partial charge in [-0.15, -0.1) is 0 Å². The first-order chi connectivity index (χ1) is 10.8. The number of hydrogen-bond acceptors (Lipinski definition) is 3. The quantitative estimate of drug-likeness (QED) is 0.812. The van der Waals surface area contributed by atoms with Crippen molar-refractivity contribution in [3.05, 3.63) is 35.9 Å². The molecule has 2 N–H and O–H groups in total. The summed E-state index contributed by atoms with van der Waals surface area (Å²) < 4.78 is 0. The van der Waals surface area contributed by atoms with Crippen LogP contribution in [-0.4, -0.2) is 41.3 Å². The fraction of sp³-hybridized carbons (Fsp3) is 0.684. The zero-order valence-electron chi connectivity index (χ0n) is 13.3. The summed E-state index contributed by atoms with van der Waals surface area (Å²) >= 11 is 0. The molecule has 2 atom stereocenters. The molecule has 1 aromatic rings. The van der Waals surface area contributed by atoms with E-state index in [1.54, 1.807) is 0 Å². The van der Waals surface area contributed by atoms with Crippen molar-refractivity contribution in [2.45, 2.75) is 56.8 Å². The Labute approximate surface area is 133 Å². The lowest BCUT2D eigenvalue weighted by Gasteiger charge is -2.27. The highest BCUT2D eigenvalue weighted by Crippen LogP contribution is 2.44. The van der Waals surface area contributed by atoms with Gasteiger partial charge in [0.2, 0.25) is 0 Å². The Kier molecular flexibility index (Phi) is 4.21. The first-order valence-electron chi connectivity index (χ1n) is 8.99. The molecule has 3 heteroatoms. The van der Waals surface area contributed by atoms with Crippen molar-refractivity contribution in [2.75, 3.05) is 13.1 Å². The van der Waals surface area contributed by atoms with Crippen molar-refractivity contribution >= 4 is 0 Å². The summed E-state index contributed by atoms with van der Waals surface area (Å²) in [7, 11) is 0. The van der Waals surface area contributed by atoms with Gasteiger partial charge in [0.15, 0.2) is 0 Å². The zero-order chi connectivity index (χ0) is 14.9. The molecule has 3 nitrogen and oxygen atoms in total. The van der Waals surface area contributed by atoms with E-state index in [-0.39, 0.29) is 6.10 Å². The summed E-state index contributed by atoms with van der Waals surface area (Å²) in [6.07, 6.45) is 6.47. The topological polar surface area (TPSA) is 35.5 Å². The average Bonchev–Trinajstić information content (AvgIpc) is 3.42. The maximum atomic E-state index is 10.1. The molecule has 2 unspecified atom stereocenters. The van der Waals surface area contributed by atoms with Gasteiger partial charge in [0, 0.05) is 31.7 Å². The first kappa shape index (κ1) is 14.7. The molecule has 1 saturated heterocycles. The standard InChI is InChI=1S/C19H28N2O/c22-18-10-17(11-20-19(15-6-7-15)16-8-9-16)21(13-18)12-14-4-2-1-3-5-14/h1-5,15-20,22H,6-13H2. The smallest absolute Gasteiger partial charge is 0.0682 e. The fourth-order valence-corrected chi connectivity index (χ4v) is 4.08. The number of β-amino-alcohol motifs (C(OH)–C–C–N with tert-alkyl or cyclic N) is 1. The molecule has 0 spiro atoms. The second-order valence-electron chi connectivity index (χ2n) is 7.57. The number of likely N-dealkylation sites (tertiary alicyclic amines) is 1. The summed E-state index contributed by atoms with van der Waals surface area (Å²) in [5.41, 5.74) is 1.35. The van der Waals surface area contributed by atoms with Crippen LogP contribution in [0.4, 0.5) is 0 Å². The van der Waals surface area contributed by atoms with Gasteiger partial charge < -0.3 is 10.4 Å². The molecule has 120 valence electrons. The van der Waals surface area contributed by atoms with Crippen LogP contribution in [0, 0.1) is 11.8 Å². The van der Waals surface area contributed by atoms with Gasteiger partial charge in [-0.2, -0.15) is 0 Å². The molecule has 22 heavy (non-hydrogen) atoms. The van der Waals surface area contributed by atoms with Crippen LogP contribution < -0.4 is 5.32 Å². The minimum absolute atomic E-state index is 0.157. The van der Waals surface area contributed by atoms with Crippen LogP contribution in [0.5, 0.6) is 0 Å². The predicted octanol–water partition coefficient (Wildman–Crippen LogP) is 2.40. The van der Waals surface area contributed by atoms with Crippen LogP contribution in [0.3, 0.4) is 0 Å². The van der Waals surface area contributed by atoms with E-state index in [9.17, 15) is 5.11 Å². The van der Waals surface area contributed by atoms with Gasteiger partial charge in [0.25, 0.3) is 0 Å². The van der Waals surface area contributed by atoms with E-state index < -0.39 is 0 Å². The zero-order valence-corrected chi connectivity index (χ0v) is 13.3. The SMILES string of the molecule is OC1CC(CNC(C2CC2)C2CC2)N(Cc2ccccc2)C1. The number of benzene rings is 1. The largest absolute Gasteiger partial charge is 0.392 e. The van der Waals surface area contributed by atoms with E-state index >= 15 is 0 Å². The van der Waals surface area contributed by atoms with Crippen LogP contribution in [0.15, 0.2) is 30.3 Å². The van der Waals surface area contributed by atoms with E-state index in [0.29, 0.717) is 6.04 Å². The number of nitrogens with one attached hydrogen (secondary N) is 1. The van der Waals surface area contributed by atoms with Gasteiger partial charge in [0.05, 0.1) is 6.10 Å². The number of nitrogens with zero attached hydrogens (tertiary/aromatic N) is 1. The Bertz CT molecular complexity index is 471. The van der Waals surface area contributed by atoms with Crippen LogP contribution in [0.1, 0.15) is 37.7 Å². The molecular formula is C19H28N2O. The Balaban J connectivity index is 1.34. The lowest BCUT2D eigenvalue weighted by molar-refractivity contribution is 0.172. The van der Waals surface area contributed by atoms with E-state index in [1.807, 2.05) is 0 Å². The van der Waals surface area contributed by atoms with Crippen molar-refractivity contribution in [3.8, 4) is 0 Å². The summed E-state index contributed by atoms with van der Waals surface area (Å²) in [5.74, 6) is 1.89. The molecule has 3 aliphatic rings. The molecule has 3 fully saturated rings. The lowest BCUT2D eigenvalue weighted by Crippen LogP contribution is -2.43. The Hall–Kier alpha value is -0.900. The Morgan fingerprint density at radius 1 is 1.09 bits per heavy atom. The van der Waals surface area contributed by atoms with Crippen molar-refractivity contribution < 1.29 is 5.11 Å². The highest BCUT2D eigenvalue weighted by atomic mass is 16.3. The van der Waals surface area contributed by atoms with Crippen LogP contribution >= 0.6 is 0 Å². The van der Waals surface area contributed by atoms with Gasteiger partial charge in [-0.25, -0.2) is 0 Å². The second-order valence-corrected chi connectivity index (χ2v) is 7.57. The third-order valence-corrected chi connectivity index (χ3v) is 5.58. The minimum Gasteiger partial charge on any atom is -0.392 e. The molecule has 2 saturated carbocycles. The van der Waals surface area contributed by atoms with Gasteiger partial charge in [-0.05, 0) is 49.5 Å². The molecule has 2 aliphatic carbocycles. The first-order valence-corrected chi connectivity index (χ1v) is 8.99. The number of aliphatic hydroxyl groups excluding tert-OH is 1. The predicted molar refractivity (Wildman–Crippen MR) is 88.5 cm³/mol. The second kappa shape index (κ2) is 6.31. The number of hydrogen-bond donors (Lipinski definition) is 2. The summed E-state index contributed by atoms with van der Waals surface area (Å²) in [6, 6.07) is 11.9. The van der Waals surface area contributed by atoms with Crippen LogP contribution in [-0.2, 0) is 6.54 Å². The fourth-order valence-electron chi connectivity index (χ4n) is 4.08. The molecule has 1 aromatic carbocycles. The van der Waals surface area contributed by atoms with Crippen LogP contribution in [0.25, 0.3) is 0 Å². The third-order valence-electron chi connectivity index (χ3n) is 5.58. The maximum Gasteiger partial charge on any atom is 0.0682 e. The van der Waals surface area contributed by atoms with Gasteiger partial charge in [0.1, 0.15) is 0 Å². The third kappa shape index (κ3) is 3.53. The normalized spacial score (nSPS) is 29.4. The summed E-state index contributed by atoms with van der Waals surface area (Å²) in [5, 5.41) is 14.0. The van der Waals surface area contributed by atoms with Gasteiger partial charge in [-0.3, -0.25) is 4.90 Å². The Morgan fingerprint density at radius 2 is 1.77 bits per heavy atom. The van der Waals surface area contributed by atoms with Crippen molar-refractivity contribution in [3.63, 3.8) is 0 Å². The summed E-state index contributed by atoms with van der Waals surface area (Å²) in [4.78, 5) is 2.46. The molecule has 0 bridgehead atoms. The molecule has 0 aromatic heterocycles. The molecule has 1 aliphatic heterocycles. The summed E-state index contributed by atoms with van der Waals surface area (Å²) in [6.45, 7) is 2.82. The number of rotatable bonds is 7. The maximum absolute atomic E-state index is 10.1. The van der Waals surface area contributed by atoms with Gasteiger partial charge in [-0.1, -0.05) is 30.3 Å². The van der Waals surface area contributed by atoms with E-state index in [1.165, 1.54) is 31.2 Å². The molecular weight excluding hydrogens is 272 g/mol. The van der Waals surface area contributed by atoms with E-state index in [2.05, 4.69) is 40.5 Å². The van der Waals surface area contributed by atoms with Crippen molar-refractivity contribution in [1.82, 2.24) is 10.2 Å². The van der Waals surface area contributed by atoms with Gasteiger partial charge >= 0.3 is 0 Å². The van der Waals surface area contributed by atoms with E-state index in [4.69, 9.17) is 0 Å². The molecule has 4 rings (SSSR count). The molecule has 1 heterocycles. The lowest BCUT2D eigenvalue weighted by atomic mass is 10.1. The Morgan fingerprint density at radius 3 is 2.41 bits per heavy atom. The monoisotopic (exact) mass is 300 g/mol. The molecule has 0 amide bonds. The van der Waals surface area contributed by atoms with E-state index in [0.717, 1.165) is 43.9 Å².